The Morgan fingerprint density at radius 3 is 2.78 bits per heavy atom. The van der Waals surface area contributed by atoms with Crippen LogP contribution < -0.4 is 5.32 Å². The first-order chi connectivity index (χ1) is 11.0. The van der Waals surface area contributed by atoms with E-state index in [-0.39, 0.29) is 0 Å². The molecule has 1 aromatic carbocycles. The molecule has 1 heterocycles. The summed E-state index contributed by atoms with van der Waals surface area (Å²) < 4.78 is 0. The van der Waals surface area contributed by atoms with Crippen LogP contribution in [0, 0.1) is 13.8 Å². The largest absolute Gasteiger partial charge is 0.356 e. The molecule has 0 spiro atoms. The van der Waals surface area contributed by atoms with Crippen molar-refractivity contribution in [3.63, 3.8) is 0 Å². The molecule has 5 heteroatoms. The number of aryl methyl sites for hydroxylation is 2. The molecule has 23 heavy (non-hydrogen) atoms. The van der Waals surface area contributed by atoms with Gasteiger partial charge in [-0.25, -0.2) is 4.98 Å². The molecule has 0 aliphatic carbocycles. The Bertz CT molecular complexity index is 663. The maximum absolute atomic E-state index is 4.51. The van der Waals surface area contributed by atoms with E-state index in [9.17, 15) is 0 Å². The van der Waals surface area contributed by atoms with Crippen LogP contribution in [0.3, 0.4) is 0 Å². The summed E-state index contributed by atoms with van der Waals surface area (Å²) in [7, 11) is 3.86. The number of benzene rings is 1. The molecule has 1 atom stereocenters. The highest BCUT2D eigenvalue weighted by Gasteiger charge is 2.11. The fraction of sp³-hybridized carbons (Fsp3) is 0.444. The summed E-state index contributed by atoms with van der Waals surface area (Å²) in [4.78, 5) is 11.0. The van der Waals surface area contributed by atoms with Gasteiger partial charge >= 0.3 is 0 Å². The molecule has 1 aromatic heterocycles. The number of guanidine groups is 1. The molecule has 0 saturated heterocycles. The van der Waals surface area contributed by atoms with Crippen molar-refractivity contribution in [3.05, 3.63) is 51.5 Å². The van der Waals surface area contributed by atoms with Gasteiger partial charge < -0.3 is 10.2 Å². The lowest BCUT2D eigenvalue weighted by Gasteiger charge is -2.23. The number of rotatable bonds is 5. The van der Waals surface area contributed by atoms with Gasteiger partial charge in [0, 0.05) is 26.0 Å². The minimum Gasteiger partial charge on any atom is -0.356 e. The normalized spacial score (nSPS) is 13.0. The molecule has 1 unspecified atom stereocenters. The summed E-state index contributed by atoms with van der Waals surface area (Å²) in [6.45, 7) is 8.02. The first-order valence-corrected chi connectivity index (χ1v) is 8.77. The van der Waals surface area contributed by atoms with Crippen LogP contribution in [0.4, 0.5) is 0 Å². The Morgan fingerprint density at radius 1 is 1.39 bits per heavy atom. The third-order valence-corrected chi connectivity index (χ3v) is 4.64. The minimum atomic E-state index is 0.432. The summed E-state index contributed by atoms with van der Waals surface area (Å²) in [6.07, 6.45) is 0. The van der Waals surface area contributed by atoms with Gasteiger partial charge in [-0.1, -0.05) is 36.8 Å². The highest BCUT2D eigenvalue weighted by Crippen LogP contribution is 2.15. The lowest BCUT2D eigenvalue weighted by molar-refractivity contribution is 0.468. The summed E-state index contributed by atoms with van der Waals surface area (Å²) in [5.41, 5.74) is 3.74. The quantitative estimate of drug-likeness (QED) is 0.673. The van der Waals surface area contributed by atoms with Crippen molar-refractivity contribution in [1.82, 2.24) is 15.2 Å². The van der Waals surface area contributed by atoms with Gasteiger partial charge in [0.05, 0.1) is 17.2 Å². The van der Waals surface area contributed by atoms with Gasteiger partial charge in [0.25, 0.3) is 0 Å². The van der Waals surface area contributed by atoms with Crippen LogP contribution in [0.1, 0.15) is 34.7 Å². The molecule has 0 fully saturated rings. The van der Waals surface area contributed by atoms with E-state index >= 15 is 0 Å². The first-order valence-electron chi connectivity index (χ1n) is 7.89. The molecule has 2 rings (SSSR count). The molecule has 0 aliphatic heterocycles. The second-order valence-corrected chi connectivity index (χ2v) is 7.02. The molecule has 0 saturated carbocycles. The zero-order valence-corrected chi connectivity index (χ0v) is 15.4. The van der Waals surface area contributed by atoms with Crippen LogP contribution in [0.5, 0.6) is 0 Å². The number of hydrogen-bond acceptors (Lipinski definition) is 3. The van der Waals surface area contributed by atoms with E-state index < -0.39 is 0 Å². The van der Waals surface area contributed by atoms with Crippen molar-refractivity contribution >= 4 is 17.3 Å². The van der Waals surface area contributed by atoms with E-state index in [0.717, 1.165) is 29.8 Å². The van der Waals surface area contributed by atoms with Crippen LogP contribution in [-0.2, 0) is 6.54 Å². The van der Waals surface area contributed by atoms with E-state index in [4.69, 9.17) is 0 Å². The lowest BCUT2D eigenvalue weighted by Crippen LogP contribution is -2.40. The average Bonchev–Trinajstić information content (AvgIpc) is 2.92. The molecular formula is C18H26N4S. The lowest BCUT2D eigenvalue weighted by atomic mass is 9.99. The smallest absolute Gasteiger partial charge is 0.193 e. The Morgan fingerprint density at radius 2 is 2.17 bits per heavy atom. The predicted molar refractivity (Wildman–Crippen MR) is 99.3 cm³/mol. The van der Waals surface area contributed by atoms with Crippen LogP contribution in [0.25, 0.3) is 0 Å². The SMILES string of the molecule is CN=C(NCC(C)c1cccc(C)c1)N(C)Cc1csc(C)n1. The molecule has 1 N–H and O–H groups in total. The molecule has 124 valence electrons. The molecule has 0 amide bonds. The summed E-state index contributed by atoms with van der Waals surface area (Å²) >= 11 is 1.68. The average molecular weight is 331 g/mol. The topological polar surface area (TPSA) is 40.5 Å². The number of nitrogens with zero attached hydrogens (tertiary/aromatic N) is 3. The monoisotopic (exact) mass is 330 g/mol. The van der Waals surface area contributed by atoms with Crippen molar-refractivity contribution in [2.24, 2.45) is 4.99 Å². The van der Waals surface area contributed by atoms with Gasteiger partial charge in [0.2, 0.25) is 0 Å². The van der Waals surface area contributed by atoms with Gasteiger partial charge in [0.15, 0.2) is 5.96 Å². The molecule has 2 aromatic rings. The van der Waals surface area contributed by atoms with Crippen LogP contribution in [0.2, 0.25) is 0 Å². The Hall–Kier alpha value is -1.88. The number of aliphatic imine (C=N–C) groups is 1. The number of thiazole rings is 1. The van der Waals surface area contributed by atoms with Gasteiger partial charge in [0.1, 0.15) is 0 Å². The molecule has 0 aliphatic rings. The van der Waals surface area contributed by atoms with Crippen molar-refractivity contribution in [1.29, 1.82) is 0 Å². The number of hydrogen-bond donors (Lipinski definition) is 1. The van der Waals surface area contributed by atoms with Crippen molar-refractivity contribution in [2.75, 3.05) is 20.6 Å². The zero-order valence-electron chi connectivity index (χ0n) is 14.6. The van der Waals surface area contributed by atoms with E-state index in [0.29, 0.717) is 5.92 Å². The minimum absolute atomic E-state index is 0.432. The van der Waals surface area contributed by atoms with Gasteiger partial charge in [-0.15, -0.1) is 11.3 Å². The highest BCUT2D eigenvalue weighted by molar-refractivity contribution is 7.09. The standard InChI is InChI=1S/C18H26N4S/c1-13-7-6-8-16(9-13)14(2)10-20-18(19-4)22(5)11-17-12-23-15(3)21-17/h6-9,12,14H,10-11H2,1-5H3,(H,19,20). The Labute approximate surface area is 143 Å². The third-order valence-electron chi connectivity index (χ3n) is 3.82. The predicted octanol–water partition coefficient (Wildman–Crippen LogP) is 3.57. The van der Waals surface area contributed by atoms with E-state index in [1.165, 1.54) is 11.1 Å². The summed E-state index contributed by atoms with van der Waals surface area (Å²) in [6, 6.07) is 8.68. The molecular weight excluding hydrogens is 304 g/mol. The maximum Gasteiger partial charge on any atom is 0.193 e. The number of nitrogens with one attached hydrogen (secondary N) is 1. The van der Waals surface area contributed by atoms with Crippen LogP contribution in [-0.4, -0.2) is 36.5 Å². The summed E-state index contributed by atoms with van der Waals surface area (Å²) in [5.74, 6) is 1.33. The first kappa shape index (κ1) is 17.5. The van der Waals surface area contributed by atoms with Crippen molar-refractivity contribution < 1.29 is 0 Å². The zero-order chi connectivity index (χ0) is 16.8. The molecule has 0 radical (unpaired) electrons. The van der Waals surface area contributed by atoms with Crippen molar-refractivity contribution in [2.45, 2.75) is 33.2 Å². The van der Waals surface area contributed by atoms with Crippen molar-refractivity contribution in [3.8, 4) is 0 Å². The van der Waals surface area contributed by atoms with Gasteiger partial charge in [-0.2, -0.15) is 0 Å². The van der Waals surface area contributed by atoms with E-state index in [1.807, 2.05) is 21.0 Å². The van der Waals surface area contributed by atoms with Gasteiger partial charge in [-0.05, 0) is 25.3 Å². The fourth-order valence-corrected chi connectivity index (χ4v) is 3.13. The third kappa shape index (κ3) is 5.06. The second kappa shape index (κ2) is 8.11. The maximum atomic E-state index is 4.51. The number of aromatic nitrogens is 1. The summed E-state index contributed by atoms with van der Waals surface area (Å²) in [5, 5.41) is 6.67. The Kier molecular flexibility index (Phi) is 6.16. The van der Waals surface area contributed by atoms with E-state index in [1.54, 1.807) is 11.3 Å². The highest BCUT2D eigenvalue weighted by atomic mass is 32.1. The fourth-order valence-electron chi connectivity index (χ4n) is 2.52. The second-order valence-electron chi connectivity index (χ2n) is 5.96. The van der Waals surface area contributed by atoms with Crippen LogP contribution in [0.15, 0.2) is 34.6 Å². The van der Waals surface area contributed by atoms with E-state index in [2.05, 4.69) is 63.7 Å². The van der Waals surface area contributed by atoms with Crippen LogP contribution >= 0.6 is 11.3 Å². The Balaban J connectivity index is 1.91. The van der Waals surface area contributed by atoms with Gasteiger partial charge in [-0.3, -0.25) is 4.99 Å². The molecule has 4 nitrogen and oxygen atoms in total. The molecule has 0 bridgehead atoms.